The number of benzene rings is 1. The summed E-state index contributed by atoms with van der Waals surface area (Å²) in [6.45, 7) is 5.74. The Morgan fingerprint density at radius 1 is 1.45 bits per heavy atom. The standard InChI is InChI=1S/C17H24N2O/c1-12-5-8-16-15(10-12)4-3-9-19(16)11-17(20)18-13(2)14-6-7-14/h5,8,10,13-14H,3-4,6-7,9,11H2,1-2H3,(H,18,20)/t13-/m0/s1. The van der Waals surface area contributed by atoms with Crippen LogP contribution in [-0.2, 0) is 11.2 Å². The Morgan fingerprint density at radius 2 is 2.25 bits per heavy atom. The molecule has 0 saturated heterocycles. The van der Waals surface area contributed by atoms with E-state index in [1.807, 2.05) is 0 Å². The summed E-state index contributed by atoms with van der Waals surface area (Å²) < 4.78 is 0. The number of hydrogen-bond donors (Lipinski definition) is 1. The molecule has 3 rings (SSSR count). The first-order valence-corrected chi connectivity index (χ1v) is 7.77. The highest BCUT2D eigenvalue weighted by Gasteiger charge is 2.29. The second kappa shape index (κ2) is 5.47. The van der Waals surface area contributed by atoms with E-state index in [0.717, 1.165) is 25.3 Å². The molecule has 0 bridgehead atoms. The van der Waals surface area contributed by atoms with Crippen molar-refractivity contribution in [3.05, 3.63) is 29.3 Å². The zero-order valence-corrected chi connectivity index (χ0v) is 12.5. The fourth-order valence-corrected chi connectivity index (χ4v) is 3.16. The summed E-state index contributed by atoms with van der Waals surface area (Å²) in [6.07, 6.45) is 4.82. The SMILES string of the molecule is Cc1ccc2c(c1)CCCN2CC(=O)N[C@@H](C)C1CC1. The van der Waals surface area contributed by atoms with E-state index in [1.54, 1.807) is 0 Å². The highest BCUT2D eigenvalue weighted by molar-refractivity contribution is 5.82. The molecule has 0 spiro atoms. The van der Waals surface area contributed by atoms with Crippen LogP contribution < -0.4 is 10.2 Å². The first kappa shape index (κ1) is 13.5. The van der Waals surface area contributed by atoms with Gasteiger partial charge in [-0.2, -0.15) is 0 Å². The minimum atomic E-state index is 0.165. The van der Waals surface area contributed by atoms with Gasteiger partial charge in [0.2, 0.25) is 5.91 Å². The molecule has 2 aliphatic rings. The largest absolute Gasteiger partial charge is 0.362 e. The molecule has 3 heteroatoms. The molecule has 1 saturated carbocycles. The molecular formula is C17H24N2O. The highest BCUT2D eigenvalue weighted by atomic mass is 16.2. The third-order valence-electron chi connectivity index (χ3n) is 4.50. The maximum atomic E-state index is 12.2. The number of nitrogens with zero attached hydrogens (tertiary/aromatic N) is 1. The van der Waals surface area contributed by atoms with E-state index in [2.05, 4.69) is 42.3 Å². The van der Waals surface area contributed by atoms with Gasteiger partial charge in [-0.05, 0) is 57.1 Å². The Hall–Kier alpha value is -1.51. The molecule has 1 atom stereocenters. The van der Waals surface area contributed by atoms with Gasteiger partial charge >= 0.3 is 0 Å². The minimum absolute atomic E-state index is 0.165. The number of carbonyl (C=O) groups excluding carboxylic acids is 1. The predicted octanol–water partition coefficient (Wildman–Crippen LogP) is 2.66. The van der Waals surface area contributed by atoms with Gasteiger partial charge in [-0.3, -0.25) is 4.79 Å². The third kappa shape index (κ3) is 2.97. The molecule has 1 aliphatic heterocycles. The van der Waals surface area contributed by atoms with E-state index in [9.17, 15) is 4.79 Å². The Kier molecular flexibility index (Phi) is 3.68. The molecule has 1 fully saturated rings. The fourth-order valence-electron chi connectivity index (χ4n) is 3.16. The van der Waals surface area contributed by atoms with E-state index < -0.39 is 0 Å². The second-order valence-electron chi connectivity index (χ2n) is 6.35. The lowest BCUT2D eigenvalue weighted by Crippen LogP contribution is -2.43. The predicted molar refractivity (Wildman–Crippen MR) is 82.0 cm³/mol. The molecule has 3 nitrogen and oxygen atoms in total. The molecule has 0 radical (unpaired) electrons. The summed E-state index contributed by atoms with van der Waals surface area (Å²) in [5.41, 5.74) is 3.94. The maximum Gasteiger partial charge on any atom is 0.239 e. The van der Waals surface area contributed by atoms with Crippen LogP contribution in [0.25, 0.3) is 0 Å². The molecule has 20 heavy (non-hydrogen) atoms. The van der Waals surface area contributed by atoms with Crippen molar-refractivity contribution < 1.29 is 4.79 Å². The number of hydrogen-bond acceptors (Lipinski definition) is 2. The molecule has 0 unspecified atom stereocenters. The van der Waals surface area contributed by atoms with Gasteiger partial charge in [0, 0.05) is 18.3 Å². The summed E-state index contributed by atoms with van der Waals surface area (Å²) in [5.74, 6) is 0.882. The average molecular weight is 272 g/mol. The summed E-state index contributed by atoms with van der Waals surface area (Å²) in [6, 6.07) is 6.90. The molecule has 1 N–H and O–H groups in total. The van der Waals surface area contributed by atoms with Gasteiger partial charge in [0.15, 0.2) is 0 Å². The minimum Gasteiger partial charge on any atom is -0.362 e. The van der Waals surface area contributed by atoms with Crippen LogP contribution in [0.15, 0.2) is 18.2 Å². The lowest BCUT2D eigenvalue weighted by Gasteiger charge is -2.31. The lowest BCUT2D eigenvalue weighted by atomic mass is 9.99. The number of nitrogens with one attached hydrogen (secondary N) is 1. The Labute approximate surface area is 121 Å². The molecule has 1 amide bonds. The number of amides is 1. The summed E-state index contributed by atoms with van der Waals surface area (Å²) in [4.78, 5) is 14.4. The van der Waals surface area contributed by atoms with E-state index in [4.69, 9.17) is 0 Å². The smallest absolute Gasteiger partial charge is 0.239 e. The van der Waals surface area contributed by atoms with Crippen molar-refractivity contribution in [2.75, 3.05) is 18.0 Å². The molecule has 0 aromatic heterocycles. The molecule has 1 heterocycles. The summed E-state index contributed by atoms with van der Waals surface area (Å²) in [5, 5.41) is 3.15. The molecule has 1 aromatic rings. The van der Waals surface area contributed by atoms with Gasteiger partial charge in [-0.25, -0.2) is 0 Å². The molecule has 108 valence electrons. The van der Waals surface area contributed by atoms with Crippen molar-refractivity contribution in [3.8, 4) is 0 Å². The topological polar surface area (TPSA) is 32.3 Å². The van der Waals surface area contributed by atoms with Crippen molar-refractivity contribution >= 4 is 11.6 Å². The van der Waals surface area contributed by atoms with E-state index in [1.165, 1.54) is 29.7 Å². The fraction of sp³-hybridized carbons (Fsp3) is 0.588. The number of carbonyl (C=O) groups is 1. The van der Waals surface area contributed by atoms with Crippen LogP contribution in [0.3, 0.4) is 0 Å². The van der Waals surface area contributed by atoms with Crippen molar-refractivity contribution in [1.82, 2.24) is 5.32 Å². The zero-order chi connectivity index (χ0) is 14.1. The van der Waals surface area contributed by atoms with Gasteiger partial charge in [-0.15, -0.1) is 0 Å². The van der Waals surface area contributed by atoms with E-state index >= 15 is 0 Å². The molecular weight excluding hydrogens is 248 g/mol. The quantitative estimate of drug-likeness (QED) is 0.914. The average Bonchev–Trinajstić information content (AvgIpc) is 3.22. The normalized spacial score (nSPS) is 19.4. The van der Waals surface area contributed by atoms with Crippen LogP contribution in [0.4, 0.5) is 5.69 Å². The van der Waals surface area contributed by atoms with Crippen LogP contribution in [-0.4, -0.2) is 25.0 Å². The van der Waals surface area contributed by atoms with Crippen LogP contribution in [0.2, 0.25) is 0 Å². The van der Waals surface area contributed by atoms with Gasteiger partial charge < -0.3 is 10.2 Å². The summed E-state index contributed by atoms with van der Waals surface area (Å²) in [7, 11) is 0. The summed E-state index contributed by atoms with van der Waals surface area (Å²) >= 11 is 0. The first-order chi connectivity index (χ1) is 9.63. The lowest BCUT2D eigenvalue weighted by molar-refractivity contribution is -0.120. The Balaban J connectivity index is 1.64. The van der Waals surface area contributed by atoms with Crippen molar-refractivity contribution in [3.63, 3.8) is 0 Å². The second-order valence-corrected chi connectivity index (χ2v) is 6.35. The number of anilines is 1. The van der Waals surface area contributed by atoms with Gasteiger partial charge in [0.05, 0.1) is 6.54 Å². The van der Waals surface area contributed by atoms with Crippen molar-refractivity contribution in [2.24, 2.45) is 5.92 Å². The zero-order valence-electron chi connectivity index (χ0n) is 12.5. The Bertz CT molecular complexity index is 508. The first-order valence-electron chi connectivity index (χ1n) is 7.77. The van der Waals surface area contributed by atoms with Crippen LogP contribution in [0.5, 0.6) is 0 Å². The number of rotatable bonds is 4. The van der Waals surface area contributed by atoms with Gasteiger partial charge in [0.1, 0.15) is 0 Å². The Morgan fingerprint density at radius 3 is 3.00 bits per heavy atom. The number of fused-ring (bicyclic) bond motifs is 1. The van der Waals surface area contributed by atoms with Crippen molar-refractivity contribution in [1.29, 1.82) is 0 Å². The van der Waals surface area contributed by atoms with Gasteiger partial charge in [-0.1, -0.05) is 17.7 Å². The molecule has 1 aliphatic carbocycles. The van der Waals surface area contributed by atoms with Crippen molar-refractivity contribution in [2.45, 2.75) is 45.6 Å². The van der Waals surface area contributed by atoms with Crippen LogP contribution >= 0.6 is 0 Å². The van der Waals surface area contributed by atoms with E-state index in [0.29, 0.717) is 12.6 Å². The monoisotopic (exact) mass is 272 g/mol. The number of aryl methyl sites for hydroxylation is 2. The molecule has 1 aromatic carbocycles. The maximum absolute atomic E-state index is 12.2. The highest BCUT2D eigenvalue weighted by Crippen LogP contribution is 2.32. The van der Waals surface area contributed by atoms with Gasteiger partial charge in [0.25, 0.3) is 0 Å². The third-order valence-corrected chi connectivity index (χ3v) is 4.50. The van der Waals surface area contributed by atoms with Crippen LogP contribution in [0.1, 0.15) is 37.3 Å². The van der Waals surface area contributed by atoms with Crippen LogP contribution in [0, 0.1) is 12.8 Å². The van der Waals surface area contributed by atoms with E-state index in [-0.39, 0.29) is 5.91 Å².